The molecule has 1 heterocycles. The fourth-order valence-electron chi connectivity index (χ4n) is 3.24. The van der Waals surface area contributed by atoms with Gasteiger partial charge in [0.05, 0.1) is 0 Å². The third-order valence-electron chi connectivity index (χ3n) is 4.49. The molecule has 0 radical (unpaired) electrons. The fraction of sp³-hybridized carbons (Fsp3) is 0.611. The van der Waals surface area contributed by atoms with Gasteiger partial charge in [0, 0.05) is 50.0 Å². The van der Waals surface area contributed by atoms with E-state index in [0.29, 0.717) is 36.6 Å². The number of carbonyl (C=O) groups is 1. The number of amides is 1. The second kappa shape index (κ2) is 7.79. The Kier molecular flexibility index (Phi) is 6.02. The van der Waals surface area contributed by atoms with Gasteiger partial charge in [-0.1, -0.05) is 19.9 Å². The Morgan fingerprint density at radius 1 is 1.35 bits per heavy atom. The molecule has 1 saturated heterocycles. The number of piperazine rings is 1. The summed E-state index contributed by atoms with van der Waals surface area (Å²) < 4.78 is 0. The molecule has 1 amide bonds. The van der Waals surface area contributed by atoms with Crippen molar-refractivity contribution in [1.82, 2.24) is 9.80 Å². The zero-order valence-electron chi connectivity index (χ0n) is 14.3. The standard InChI is InChI=1S/C18H28N2O3/c1-13(2)11-19-8-9-20(12-15(19)7-10-21)18(23)16-5-4-6-17(22)14(16)3/h4-6,13,15,21-22H,7-12H2,1-3H3/t15-/m0/s1. The van der Waals surface area contributed by atoms with E-state index in [-0.39, 0.29) is 24.3 Å². The van der Waals surface area contributed by atoms with Crippen molar-refractivity contribution in [3.8, 4) is 5.75 Å². The molecule has 5 heteroatoms. The van der Waals surface area contributed by atoms with E-state index in [1.807, 2.05) is 4.90 Å². The maximum Gasteiger partial charge on any atom is 0.254 e. The zero-order valence-corrected chi connectivity index (χ0v) is 14.3. The van der Waals surface area contributed by atoms with Gasteiger partial charge in [-0.15, -0.1) is 0 Å². The number of rotatable bonds is 5. The van der Waals surface area contributed by atoms with E-state index in [1.54, 1.807) is 25.1 Å². The van der Waals surface area contributed by atoms with Gasteiger partial charge in [0.2, 0.25) is 0 Å². The lowest BCUT2D eigenvalue weighted by Crippen LogP contribution is -2.55. The van der Waals surface area contributed by atoms with Crippen LogP contribution in [0.15, 0.2) is 18.2 Å². The lowest BCUT2D eigenvalue weighted by atomic mass is 10.0. The summed E-state index contributed by atoms with van der Waals surface area (Å²) in [5.41, 5.74) is 1.19. The number of aromatic hydroxyl groups is 1. The molecule has 1 aromatic rings. The summed E-state index contributed by atoms with van der Waals surface area (Å²) in [5.74, 6) is 0.679. The van der Waals surface area contributed by atoms with Gasteiger partial charge < -0.3 is 15.1 Å². The number of nitrogens with zero attached hydrogens (tertiary/aromatic N) is 2. The van der Waals surface area contributed by atoms with Crippen LogP contribution in [0.4, 0.5) is 0 Å². The average Bonchev–Trinajstić information content (AvgIpc) is 2.51. The molecule has 2 rings (SSSR count). The Bertz CT molecular complexity index is 545. The largest absolute Gasteiger partial charge is 0.508 e. The molecule has 128 valence electrons. The topological polar surface area (TPSA) is 64.0 Å². The Balaban J connectivity index is 2.12. The van der Waals surface area contributed by atoms with Crippen molar-refractivity contribution in [2.75, 3.05) is 32.8 Å². The van der Waals surface area contributed by atoms with Crippen molar-refractivity contribution in [3.05, 3.63) is 29.3 Å². The lowest BCUT2D eigenvalue weighted by Gasteiger charge is -2.42. The second-order valence-corrected chi connectivity index (χ2v) is 6.76. The number of carbonyl (C=O) groups excluding carboxylic acids is 1. The van der Waals surface area contributed by atoms with Crippen LogP contribution in [0.1, 0.15) is 36.2 Å². The van der Waals surface area contributed by atoms with Crippen LogP contribution < -0.4 is 0 Å². The van der Waals surface area contributed by atoms with Crippen LogP contribution in [0.25, 0.3) is 0 Å². The van der Waals surface area contributed by atoms with E-state index < -0.39 is 0 Å². The molecule has 1 aromatic carbocycles. The van der Waals surface area contributed by atoms with Crippen LogP contribution in [0.2, 0.25) is 0 Å². The molecule has 23 heavy (non-hydrogen) atoms. The van der Waals surface area contributed by atoms with Gasteiger partial charge in [-0.05, 0) is 31.4 Å². The van der Waals surface area contributed by atoms with Crippen molar-refractivity contribution in [3.63, 3.8) is 0 Å². The van der Waals surface area contributed by atoms with E-state index in [9.17, 15) is 15.0 Å². The summed E-state index contributed by atoms with van der Waals surface area (Å²) in [6.07, 6.45) is 0.676. The number of hydrogen-bond acceptors (Lipinski definition) is 4. The van der Waals surface area contributed by atoms with Crippen molar-refractivity contribution >= 4 is 5.91 Å². The molecule has 0 aliphatic carbocycles. The average molecular weight is 320 g/mol. The van der Waals surface area contributed by atoms with Crippen LogP contribution in [-0.4, -0.2) is 64.7 Å². The summed E-state index contributed by atoms with van der Waals surface area (Å²) in [4.78, 5) is 17.0. The van der Waals surface area contributed by atoms with Gasteiger partial charge in [0.15, 0.2) is 0 Å². The maximum absolute atomic E-state index is 12.8. The van der Waals surface area contributed by atoms with Crippen molar-refractivity contribution in [1.29, 1.82) is 0 Å². The quantitative estimate of drug-likeness (QED) is 0.869. The summed E-state index contributed by atoms with van der Waals surface area (Å²) in [5, 5.41) is 19.1. The molecule has 5 nitrogen and oxygen atoms in total. The predicted molar refractivity (Wildman–Crippen MR) is 90.6 cm³/mol. The number of phenols is 1. The normalized spacial score (nSPS) is 19.3. The van der Waals surface area contributed by atoms with E-state index in [4.69, 9.17) is 0 Å². The predicted octanol–water partition coefficient (Wildman–Crippen LogP) is 1.87. The summed E-state index contributed by atoms with van der Waals surface area (Å²) >= 11 is 0. The molecular weight excluding hydrogens is 292 g/mol. The van der Waals surface area contributed by atoms with Gasteiger partial charge in [0.1, 0.15) is 5.75 Å². The van der Waals surface area contributed by atoms with Crippen LogP contribution in [0.3, 0.4) is 0 Å². The first kappa shape index (κ1) is 17.8. The van der Waals surface area contributed by atoms with E-state index in [0.717, 1.165) is 13.1 Å². The Hall–Kier alpha value is -1.59. The van der Waals surface area contributed by atoms with Gasteiger partial charge in [-0.25, -0.2) is 0 Å². The molecule has 0 bridgehead atoms. The van der Waals surface area contributed by atoms with Gasteiger partial charge in [-0.2, -0.15) is 0 Å². The fourth-order valence-corrected chi connectivity index (χ4v) is 3.24. The lowest BCUT2D eigenvalue weighted by molar-refractivity contribution is 0.0384. The Morgan fingerprint density at radius 2 is 2.09 bits per heavy atom. The number of benzene rings is 1. The van der Waals surface area contributed by atoms with Crippen LogP contribution in [0, 0.1) is 12.8 Å². The van der Waals surface area contributed by atoms with Crippen LogP contribution >= 0.6 is 0 Å². The highest BCUT2D eigenvalue weighted by molar-refractivity contribution is 5.96. The van der Waals surface area contributed by atoms with Crippen molar-refractivity contribution in [2.24, 2.45) is 5.92 Å². The highest BCUT2D eigenvalue weighted by Crippen LogP contribution is 2.23. The van der Waals surface area contributed by atoms with E-state index in [1.165, 1.54) is 0 Å². The summed E-state index contributed by atoms with van der Waals surface area (Å²) in [6, 6.07) is 5.26. The van der Waals surface area contributed by atoms with Crippen molar-refractivity contribution in [2.45, 2.75) is 33.2 Å². The van der Waals surface area contributed by atoms with E-state index >= 15 is 0 Å². The minimum absolute atomic E-state index is 0.0365. The summed E-state index contributed by atoms with van der Waals surface area (Å²) in [7, 11) is 0. The minimum atomic E-state index is -0.0365. The molecule has 0 aromatic heterocycles. The summed E-state index contributed by atoms with van der Waals surface area (Å²) in [6.45, 7) is 9.39. The highest BCUT2D eigenvalue weighted by atomic mass is 16.3. The third-order valence-corrected chi connectivity index (χ3v) is 4.49. The maximum atomic E-state index is 12.8. The molecule has 0 spiro atoms. The van der Waals surface area contributed by atoms with Gasteiger partial charge >= 0.3 is 0 Å². The first-order chi connectivity index (χ1) is 10.9. The highest BCUT2D eigenvalue weighted by Gasteiger charge is 2.30. The number of aliphatic hydroxyl groups is 1. The van der Waals surface area contributed by atoms with Crippen molar-refractivity contribution < 1.29 is 15.0 Å². The number of aliphatic hydroxyl groups excluding tert-OH is 1. The molecule has 0 unspecified atom stereocenters. The van der Waals surface area contributed by atoms with Crippen LogP contribution in [-0.2, 0) is 0 Å². The van der Waals surface area contributed by atoms with Crippen LogP contribution in [0.5, 0.6) is 5.75 Å². The first-order valence-corrected chi connectivity index (χ1v) is 8.36. The molecule has 1 atom stereocenters. The van der Waals surface area contributed by atoms with Gasteiger partial charge in [0.25, 0.3) is 5.91 Å². The molecule has 0 saturated carbocycles. The SMILES string of the molecule is Cc1c(O)cccc1C(=O)N1CCN(CC(C)C)[C@@H](CCO)C1. The first-order valence-electron chi connectivity index (χ1n) is 8.36. The second-order valence-electron chi connectivity index (χ2n) is 6.76. The monoisotopic (exact) mass is 320 g/mol. The minimum Gasteiger partial charge on any atom is -0.508 e. The molecular formula is C18H28N2O3. The molecule has 1 aliphatic heterocycles. The van der Waals surface area contributed by atoms with Gasteiger partial charge in [-0.3, -0.25) is 9.69 Å². The zero-order chi connectivity index (χ0) is 17.0. The smallest absolute Gasteiger partial charge is 0.254 e. The van der Waals surface area contributed by atoms with E-state index in [2.05, 4.69) is 18.7 Å². The molecule has 2 N–H and O–H groups in total. The number of hydrogen-bond donors (Lipinski definition) is 2. The molecule has 1 aliphatic rings. The Morgan fingerprint density at radius 3 is 2.74 bits per heavy atom. The molecule has 1 fully saturated rings. The third kappa shape index (κ3) is 4.24. The Labute approximate surface area is 138 Å². The number of phenolic OH excluding ortho intramolecular Hbond substituents is 1.